The number of rotatable bonds is 3. The van der Waals surface area contributed by atoms with Crippen LogP contribution in [0, 0.1) is 0 Å². The van der Waals surface area contributed by atoms with Crippen molar-refractivity contribution in [3.05, 3.63) is 35.4 Å². The molecule has 0 fully saturated rings. The minimum Gasteiger partial charge on any atom is -0.479 e. The molecule has 3 nitrogen and oxygen atoms in total. The van der Waals surface area contributed by atoms with E-state index in [1.54, 1.807) is 0 Å². The van der Waals surface area contributed by atoms with Crippen molar-refractivity contribution < 1.29 is 41.0 Å². The first kappa shape index (κ1) is 16.3. The van der Waals surface area contributed by atoms with Gasteiger partial charge in [-0.25, -0.2) is 4.79 Å². The molecule has 0 aromatic heterocycles. The second-order valence-corrected chi connectivity index (χ2v) is 3.76. The van der Waals surface area contributed by atoms with Crippen LogP contribution >= 0.6 is 0 Å². The van der Waals surface area contributed by atoms with Crippen molar-refractivity contribution in [3.8, 4) is 0 Å². The van der Waals surface area contributed by atoms with Crippen LogP contribution in [0.4, 0.5) is 26.3 Å². The number of carbonyl (C=O) groups is 1. The lowest BCUT2D eigenvalue weighted by molar-refractivity contribution is -0.273. The Morgan fingerprint density at radius 1 is 1.00 bits per heavy atom. The maximum atomic E-state index is 12.9. The summed E-state index contributed by atoms with van der Waals surface area (Å²) in [6.07, 6.45) is -10.1. The van der Waals surface area contributed by atoms with Crippen LogP contribution in [-0.4, -0.2) is 24.4 Å². The molecule has 0 radical (unpaired) electrons. The minimum atomic E-state index is -5.34. The van der Waals surface area contributed by atoms with Crippen LogP contribution in [0.1, 0.15) is 11.1 Å². The van der Waals surface area contributed by atoms with E-state index in [-0.39, 0.29) is 0 Å². The molecule has 0 bridgehead atoms. The number of ether oxygens (including phenoxy) is 1. The van der Waals surface area contributed by atoms with Crippen molar-refractivity contribution in [3.63, 3.8) is 0 Å². The molecule has 1 atom stereocenters. The Morgan fingerprint density at radius 3 is 1.65 bits per heavy atom. The smallest absolute Gasteiger partial charge is 0.432 e. The second kappa shape index (κ2) is 4.97. The lowest BCUT2D eigenvalue weighted by Gasteiger charge is -2.30. The quantitative estimate of drug-likeness (QED) is 0.872. The highest BCUT2D eigenvalue weighted by Gasteiger charge is 2.63. The van der Waals surface area contributed by atoms with Gasteiger partial charge >= 0.3 is 18.3 Å². The fourth-order valence-corrected chi connectivity index (χ4v) is 1.62. The van der Waals surface area contributed by atoms with Crippen LogP contribution in [0.25, 0.3) is 0 Å². The molecule has 0 saturated heterocycles. The lowest BCUT2D eigenvalue weighted by atomic mass is 9.92. The topological polar surface area (TPSA) is 46.5 Å². The van der Waals surface area contributed by atoms with Crippen molar-refractivity contribution in [2.24, 2.45) is 0 Å². The molecule has 20 heavy (non-hydrogen) atoms. The number of hydrogen-bond acceptors (Lipinski definition) is 2. The van der Waals surface area contributed by atoms with Crippen LogP contribution in [0.15, 0.2) is 24.3 Å². The van der Waals surface area contributed by atoms with Gasteiger partial charge in [-0.3, -0.25) is 0 Å². The van der Waals surface area contributed by atoms with Gasteiger partial charge in [0, 0.05) is 12.7 Å². The van der Waals surface area contributed by atoms with Gasteiger partial charge < -0.3 is 9.84 Å². The molecule has 1 N–H and O–H groups in total. The SMILES string of the molecule is COC(C(=O)O)(c1ccc(C(F)(F)F)cc1)C(F)(F)F. The van der Waals surface area contributed by atoms with Gasteiger partial charge in [0.25, 0.3) is 5.60 Å². The predicted molar refractivity (Wildman–Crippen MR) is 53.8 cm³/mol. The molecule has 0 aliphatic carbocycles. The third-order valence-corrected chi connectivity index (χ3v) is 2.63. The molecule has 1 unspecified atom stereocenters. The zero-order valence-electron chi connectivity index (χ0n) is 9.84. The van der Waals surface area contributed by atoms with Gasteiger partial charge in [-0.1, -0.05) is 12.1 Å². The molecule has 0 amide bonds. The maximum Gasteiger partial charge on any atom is 0.432 e. The van der Waals surface area contributed by atoms with Crippen molar-refractivity contribution in [2.75, 3.05) is 7.11 Å². The Bertz CT molecular complexity index is 490. The Kier molecular flexibility index (Phi) is 4.04. The minimum absolute atomic E-state index is 0.359. The number of aliphatic carboxylic acids is 1. The number of halogens is 6. The van der Waals surface area contributed by atoms with Crippen molar-refractivity contribution in [1.29, 1.82) is 0 Å². The van der Waals surface area contributed by atoms with E-state index in [0.29, 0.717) is 31.4 Å². The number of methoxy groups -OCH3 is 1. The average molecular weight is 302 g/mol. The van der Waals surface area contributed by atoms with Crippen molar-refractivity contribution in [2.45, 2.75) is 18.0 Å². The third kappa shape index (κ3) is 2.58. The van der Waals surface area contributed by atoms with Crippen LogP contribution in [0.3, 0.4) is 0 Å². The highest BCUT2D eigenvalue weighted by Crippen LogP contribution is 2.42. The van der Waals surface area contributed by atoms with E-state index in [4.69, 9.17) is 5.11 Å². The molecule has 1 aromatic carbocycles. The summed E-state index contributed by atoms with van der Waals surface area (Å²) in [6, 6.07) is 1.57. The number of benzene rings is 1. The van der Waals surface area contributed by atoms with Crippen LogP contribution < -0.4 is 0 Å². The number of carboxylic acids is 1. The van der Waals surface area contributed by atoms with Crippen LogP contribution in [0.2, 0.25) is 0 Å². The summed E-state index contributed by atoms with van der Waals surface area (Å²) >= 11 is 0. The Hall–Kier alpha value is -1.77. The third-order valence-electron chi connectivity index (χ3n) is 2.63. The molecule has 1 aromatic rings. The first-order chi connectivity index (χ1) is 8.96. The van der Waals surface area contributed by atoms with Crippen molar-refractivity contribution >= 4 is 5.97 Å². The van der Waals surface area contributed by atoms with Crippen LogP contribution in [-0.2, 0) is 21.3 Å². The summed E-state index contributed by atoms with van der Waals surface area (Å²) in [6.45, 7) is 0. The number of carboxylic acid groups (broad SMARTS) is 1. The molecular formula is C11H8F6O3. The molecule has 9 heteroatoms. The van der Waals surface area contributed by atoms with Gasteiger partial charge in [-0.2, -0.15) is 26.3 Å². The zero-order valence-corrected chi connectivity index (χ0v) is 9.84. The first-order valence-electron chi connectivity index (χ1n) is 5.00. The van der Waals surface area contributed by atoms with E-state index < -0.39 is 35.0 Å². The highest BCUT2D eigenvalue weighted by molar-refractivity contribution is 5.80. The van der Waals surface area contributed by atoms with E-state index in [9.17, 15) is 31.1 Å². The van der Waals surface area contributed by atoms with E-state index in [1.807, 2.05) is 0 Å². The summed E-state index contributed by atoms with van der Waals surface area (Å²) in [5.74, 6) is -2.37. The Labute approximate surface area is 108 Å². The molecule has 0 heterocycles. The lowest BCUT2D eigenvalue weighted by Crippen LogP contribution is -2.50. The van der Waals surface area contributed by atoms with E-state index >= 15 is 0 Å². The highest BCUT2D eigenvalue weighted by atomic mass is 19.4. The summed E-state index contributed by atoms with van der Waals surface area (Å²) in [7, 11) is 0.513. The Morgan fingerprint density at radius 2 is 1.40 bits per heavy atom. The molecule has 0 aliphatic rings. The normalized spacial score (nSPS) is 15.8. The standard InChI is InChI=1S/C11H8F6O3/c1-20-9(8(18)19,11(15,16)17)6-2-4-7(5-3-6)10(12,13)14/h2-5H,1H3,(H,18,19). The summed E-state index contributed by atoms with van der Waals surface area (Å²) < 4.78 is 79.8. The molecule has 112 valence electrons. The van der Waals surface area contributed by atoms with Crippen molar-refractivity contribution in [1.82, 2.24) is 0 Å². The summed E-state index contributed by atoms with van der Waals surface area (Å²) in [4.78, 5) is 10.9. The molecule has 1 rings (SSSR count). The molecule has 0 aliphatic heterocycles. The van der Waals surface area contributed by atoms with E-state index in [2.05, 4.69) is 4.74 Å². The molecule has 0 spiro atoms. The fraction of sp³-hybridized carbons (Fsp3) is 0.364. The zero-order chi connectivity index (χ0) is 15.8. The van der Waals surface area contributed by atoms with Gasteiger partial charge in [0.1, 0.15) is 0 Å². The summed E-state index contributed by atoms with van der Waals surface area (Å²) in [5.41, 5.74) is -5.86. The fourth-order valence-electron chi connectivity index (χ4n) is 1.62. The number of hydrogen-bond donors (Lipinski definition) is 1. The Balaban J connectivity index is 3.41. The van der Waals surface area contributed by atoms with Gasteiger partial charge in [-0.05, 0) is 12.1 Å². The summed E-state index contributed by atoms with van der Waals surface area (Å²) in [5, 5.41) is 8.77. The maximum absolute atomic E-state index is 12.9. The van der Waals surface area contributed by atoms with Gasteiger partial charge in [-0.15, -0.1) is 0 Å². The first-order valence-corrected chi connectivity index (χ1v) is 5.00. The van der Waals surface area contributed by atoms with Gasteiger partial charge in [0.15, 0.2) is 0 Å². The van der Waals surface area contributed by atoms with Gasteiger partial charge in [0.2, 0.25) is 0 Å². The number of alkyl halides is 6. The van der Waals surface area contributed by atoms with Gasteiger partial charge in [0.05, 0.1) is 5.56 Å². The molecule has 0 saturated carbocycles. The predicted octanol–water partition coefficient (Wildman–Crippen LogP) is 3.19. The molecular weight excluding hydrogens is 294 g/mol. The second-order valence-electron chi connectivity index (χ2n) is 3.76. The monoisotopic (exact) mass is 302 g/mol. The average Bonchev–Trinajstić information content (AvgIpc) is 2.27. The van der Waals surface area contributed by atoms with Crippen LogP contribution in [0.5, 0.6) is 0 Å². The largest absolute Gasteiger partial charge is 0.479 e. The van der Waals surface area contributed by atoms with E-state index in [1.165, 1.54) is 0 Å². The van der Waals surface area contributed by atoms with E-state index in [0.717, 1.165) is 0 Å².